The summed E-state index contributed by atoms with van der Waals surface area (Å²) in [6, 6.07) is 7.16. The molecular weight excluding hydrogens is 637 g/mol. The Morgan fingerprint density at radius 1 is 0.767 bits per heavy atom. The average molecular weight is 688 g/mol. The molecule has 2 aromatic carbocycles. The van der Waals surface area contributed by atoms with E-state index in [1.165, 1.54) is 28.4 Å². The number of methoxy groups -OCH3 is 4. The number of aldehydes is 1. The van der Waals surface area contributed by atoms with Crippen LogP contribution in [0.4, 0.5) is 0 Å². The normalized spacial score (nSPS) is 12.5. The molecule has 0 fully saturated rings. The van der Waals surface area contributed by atoms with Gasteiger partial charge in [0, 0.05) is 73.1 Å². The molecule has 43 heavy (non-hydrogen) atoms. The number of allylic oxidation sites excluding steroid dienone is 1. The lowest BCUT2D eigenvalue weighted by molar-refractivity contribution is -0.105. The number of benzene rings is 2. The Morgan fingerprint density at radius 3 is 1.40 bits per heavy atom. The number of ether oxygens (including phenoxy) is 4. The molecule has 0 radical (unpaired) electrons. The second-order valence-electron chi connectivity index (χ2n) is 11.1. The number of phenolic OH excluding ortho intramolecular Hbond substituents is 2. The number of carbonyl (C=O) groups excluding carboxylic acids is 1. The standard InChI is InChI=1S/C28H40O7P2.C2H6O.2ClH.H2O/c1-32-21-12-18(13-22(33-2)27(21)30)11-20(17-29)26(37(8,9)10)16-25(36(5,6)7)19-14-23(34-3)28(31)24(15-19)35-4;1-2-3;;;/h11-15,17,25-26H,16H2,1-10H3;3H,2H2,1H3;2*1H;1H2/t25-,26-;;;;/m1..../s1. The topological polar surface area (TPSA) is 146 Å². The summed E-state index contributed by atoms with van der Waals surface area (Å²) in [5.41, 5.74) is 2.55. The molecule has 9 nitrogen and oxygen atoms in total. The zero-order chi connectivity index (χ0) is 30.8. The summed E-state index contributed by atoms with van der Waals surface area (Å²) < 4.78 is 21.5. The van der Waals surface area contributed by atoms with Crippen LogP contribution in [0.3, 0.4) is 0 Å². The molecule has 0 bridgehead atoms. The predicted molar refractivity (Wildman–Crippen MR) is 173 cm³/mol. The lowest BCUT2D eigenvalue weighted by Crippen LogP contribution is -3.00. The first-order valence-electron chi connectivity index (χ1n) is 12.9. The highest BCUT2D eigenvalue weighted by molar-refractivity contribution is 7.75. The van der Waals surface area contributed by atoms with Crippen molar-refractivity contribution in [3.05, 3.63) is 41.0 Å². The summed E-state index contributed by atoms with van der Waals surface area (Å²) in [7, 11) is 2.92. The first-order valence-corrected chi connectivity index (χ1v) is 19.3. The Balaban J connectivity index is -0.00000255. The highest BCUT2D eigenvalue weighted by Crippen LogP contribution is 2.67. The van der Waals surface area contributed by atoms with E-state index in [1.54, 1.807) is 19.1 Å². The zero-order valence-corrected chi connectivity index (χ0v) is 30.4. The van der Waals surface area contributed by atoms with E-state index >= 15 is 0 Å². The van der Waals surface area contributed by atoms with Gasteiger partial charge in [-0.05, 0) is 48.4 Å². The van der Waals surface area contributed by atoms with Crippen LogP contribution in [0.5, 0.6) is 34.5 Å². The summed E-state index contributed by atoms with van der Waals surface area (Å²) in [4.78, 5) is 12.6. The molecule has 0 heterocycles. The molecule has 0 aromatic heterocycles. The molecule has 0 unspecified atom stereocenters. The van der Waals surface area contributed by atoms with Crippen molar-refractivity contribution >= 4 is 26.9 Å². The van der Waals surface area contributed by atoms with E-state index in [-0.39, 0.29) is 71.2 Å². The molecular formula is C30H50Cl2O9P2. The van der Waals surface area contributed by atoms with Crippen molar-refractivity contribution in [1.82, 2.24) is 0 Å². The maximum Gasteiger partial charge on any atom is 0.200 e. The molecule has 5 N–H and O–H groups in total. The molecule has 0 saturated carbocycles. The number of aromatic hydroxyl groups is 2. The number of phenols is 2. The van der Waals surface area contributed by atoms with Gasteiger partial charge in [-0.25, -0.2) is 0 Å². The number of halogens is 2. The van der Waals surface area contributed by atoms with E-state index in [2.05, 4.69) is 40.0 Å². The van der Waals surface area contributed by atoms with Gasteiger partial charge in [0.2, 0.25) is 11.5 Å². The number of aliphatic hydroxyl groups excluding tert-OH is 1. The number of rotatable bonds is 12. The fourth-order valence-corrected chi connectivity index (χ4v) is 8.44. The molecule has 248 valence electrons. The van der Waals surface area contributed by atoms with Gasteiger partial charge in [0.15, 0.2) is 23.0 Å². The predicted octanol–water partition coefficient (Wildman–Crippen LogP) is -0.790. The number of carbonyl (C=O) groups is 1. The van der Waals surface area contributed by atoms with E-state index in [0.717, 1.165) is 18.3 Å². The van der Waals surface area contributed by atoms with E-state index in [4.69, 9.17) is 24.1 Å². The largest absolute Gasteiger partial charge is 1.00 e. The van der Waals surface area contributed by atoms with Crippen molar-refractivity contribution in [3.63, 3.8) is 0 Å². The lowest BCUT2D eigenvalue weighted by Gasteiger charge is -2.32. The third kappa shape index (κ3) is 12.5. The zero-order valence-electron chi connectivity index (χ0n) is 27.1. The van der Waals surface area contributed by atoms with Crippen LogP contribution in [0.15, 0.2) is 29.8 Å². The highest BCUT2D eigenvalue weighted by Gasteiger charge is 2.43. The molecule has 0 amide bonds. The molecule has 13 heteroatoms. The monoisotopic (exact) mass is 686 g/mol. The first kappa shape index (κ1) is 45.4. The van der Waals surface area contributed by atoms with Crippen molar-refractivity contribution in [2.24, 2.45) is 0 Å². The SMILES string of the molecule is CCO.COc1cc(/C=C(/C=O)[C@@H](C[C@H](c2cc(OC)c(O)c(OC)c2)[P+](C)(C)C)[P+](C)(C)C)cc(OC)c1O.O.[Cl-].[Cl-]. The van der Waals surface area contributed by atoms with Gasteiger partial charge >= 0.3 is 0 Å². The van der Waals surface area contributed by atoms with Crippen LogP contribution in [-0.2, 0) is 4.79 Å². The van der Waals surface area contributed by atoms with Crippen LogP contribution in [0, 0.1) is 0 Å². The number of hydrogen-bond donors (Lipinski definition) is 3. The maximum absolute atomic E-state index is 12.6. The van der Waals surface area contributed by atoms with Crippen molar-refractivity contribution < 1.29 is 69.4 Å². The maximum atomic E-state index is 12.6. The molecule has 0 aliphatic carbocycles. The molecule has 0 spiro atoms. The molecule has 2 rings (SSSR count). The number of aliphatic hydroxyl groups is 1. The van der Waals surface area contributed by atoms with Crippen molar-refractivity contribution in [3.8, 4) is 34.5 Å². The minimum absolute atomic E-state index is 0. The van der Waals surface area contributed by atoms with Crippen LogP contribution >= 0.6 is 14.5 Å². The van der Waals surface area contributed by atoms with Gasteiger partial charge in [-0.3, -0.25) is 4.79 Å². The van der Waals surface area contributed by atoms with Crippen molar-refractivity contribution in [1.29, 1.82) is 0 Å². The Morgan fingerprint density at radius 2 is 1.12 bits per heavy atom. The Bertz CT molecular complexity index is 1110. The third-order valence-corrected chi connectivity index (χ3v) is 11.3. The van der Waals surface area contributed by atoms with Gasteiger partial charge in [-0.2, -0.15) is 0 Å². The Hall–Kier alpha value is -1.99. The molecule has 2 aromatic rings. The van der Waals surface area contributed by atoms with Crippen LogP contribution in [-0.4, -0.2) is 108 Å². The van der Waals surface area contributed by atoms with Crippen LogP contribution in [0.2, 0.25) is 0 Å². The molecule has 0 aliphatic rings. The van der Waals surface area contributed by atoms with E-state index in [0.29, 0.717) is 22.6 Å². The smallest absolute Gasteiger partial charge is 0.200 e. The molecule has 2 atom stereocenters. The quantitative estimate of drug-likeness (QED) is 0.150. The van der Waals surface area contributed by atoms with Gasteiger partial charge in [0.25, 0.3) is 0 Å². The second kappa shape index (κ2) is 20.1. The van der Waals surface area contributed by atoms with Gasteiger partial charge < -0.3 is 64.6 Å². The lowest BCUT2D eigenvalue weighted by atomic mass is 10.0. The van der Waals surface area contributed by atoms with E-state index in [9.17, 15) is 15.0 Å². The van der Waals surface area contributed by atoms with Crippen LogP contribution < -0.4 is 43.8 Å². The number of hydrogen-bond acceptors (Lipinski definition) is 8. The van der Waals surface area contributed by atoms with Crippen LogP contribution in [0.25, 0.3) is 6.08 Å². The molecule has 0 aliphatic heterocycles. The van der Waals surface area contributed by atoms with E-state index in [1.807, 2.05) is 18.2 Å². The van der Waals surface area contributed by atoms with Crippen molar-refractivity contribution in [2.45, 2.75) is 24.7 Å². The van der Waals surface area contributed by atoms with Gasteiger partial charge in [0.05, 0.1) is 34.1 Å². The van der Waals surface area contributed by atoms with Gasteiger partial charge in [-0.1, -0.05) is 0 Å². The fourth-order valence-electron chi connectivity index (χ4n) is 4.51. The minimum Gasteiger partial charge on any atom is -1.00 e. The van der Waals surface area contributed by atoms with Crippen molar-refractivity contribution in [2.75, 3.05) is 75.0 Å². The first-order chi connectivity index (χ1) is 18.6. The Kier molecular flexibility index (Phi) is 21.3. The summed E-state index contributed by atoms with van der Waals surface area (Å²) in [5, 5.41) is 28.4. The minimum atomic E-state index is -1.58. The van der Waals surface area contributed by atoms with Crippen LogP contribution in [0.1, 0.15) is 30.1 Å². The summed E-state index contributed by atoms with van der Waals surface area (Å²) in [6.07, 6.45) is 3.56. The summed E-state index contributed by atoms with van der Waals surface area (Å²) in [5.74, 6) is 1.18. The molecule has 0 saturated heterocycles. The second-order valence-corrected chi connectivity index (χ2v) is 20.8. The summed E-state index contributed by atoms with van der Waals surface area (Å²) in [6.45, 7) is 15.5. The summed E-state index contributed by atoms with van der Waals surface area (Å²) >= 11 is 0. The Labute approximate surface area is 270 Å². The van der Waals surface area contributed by atoms with Gasteiger partial charge in [0.1, 0.15) is 11.9 Å². The van der Waals surface area contributed by atoms with E-state index < -0.39 is 14.5 Å². The fraction of sp³-hybridized carbons (Fsp3) is 0.500. The third-order valence-electron chi connectivity index (χ3n) is 6.56. The van der Waals surface area contributed by atoms with Gasteiger partial charge in [-0.15, -0.1) is 0 Å². The highest BCUT2D eigenvalue weighted by atomic mass is 35.5. The average Bonchev–Trinajstić information content (AvgIpc) is 2.88.